The molecule has 1 heterocycles. The second kappa shape index (κ2) is 5.05. The number of carbonyl (C=O) groups is 1. The lowest BCUT2D eigenvalue weighted by Gasteiger charge is -2.03. The number of nitrogens with zero attached hydrogens (tertiary/aromatic N) is 1. The largest absolute Gasteiger partial charge is 0.461 e. The van der Waals surface area contributed by atoms with Gasteiger partial charge in [0.1, 0.15) is 0 Å². The molecule has 0 atom stereocenters. The molecule has 1 aromatic carbocycles. The number of para-hydroxylation sites is 1. The molecule has 0 bridgehead atoms. The molecule has 92 valence electrons. The zero-order valence-corrected chi connectivity index (χ0v) is 9.46. The number of nitrogen functional groups attached to an aromatic ring is 1. The van der Waals surface area contributed by atoms with Crippen molar-refractivity contribution in [2.45, 2.75) is 0 Å². The Balaban J connectivity index is 2.09. The van der Waals surface area contributed by atoms with Gasteiger partial charge in [0, 0.05) is 5.69 Å². The summed E-state index contributed by atoms with van der Waals surface area (Å²) in [6, 6.07) is 10.0. The van der Waals surface area contributed by atoms with Crippen LogP contribution < -0.4 is 16.9 Å². The number of hydrazone groups is 1. The molecule has 18 heavy (non-hydrogen) atoms. The molecule has 0 spiro atoms. The molecule has 5 N–H and O–H groups in total. The first-order valence-corrected chi connectivity index (χ1v) is 5.20. The Morgan fingerprint density at radius 1 is 1.22 bits per heavy atom. The van der Waals surface area contributed by atoms with Crippen molar-refractivity contribution >= 4 is 17.4 Å². The highest BCUT2D eigenvalue weighted by Gasteiger charge is 2.08. The Labute approximate surface area is 103 Å². The Morgan fingerprint density at radius 2 is 2.00 bits per heavy atom. The van der Waals surface area contributed by atoms with Gasteiger partial charge in [-0.05, 0) is 24.3 Å². The number of amidine groups is 1. The lowest BCUT2D eigenvalue weighted by molar-refractivity contribution is 0.0955. The number of amides is 1. The van der Waals surface area contributed by atoms with E-state index in [1.807, 2.05) is 0 Å². The lowest BCUT2D eigenvalue weighted by Crippen LogP contribution is -2.24. The summed E-state index contributed by atoms with van der Waals surface area (Å²) in [7, 11) is 0. The van der Waals surface area contributed by atoms with Gasteiger partial charge in [0.2, 0.25) is 0 Å². The third-order valence-corrected chi connectivity index (χ3v) is 2.26. The fraction of sp³-hybridized carbons (Fsp3) is 0. The van der Waals surface area contributed by atoms with Crippen LogP contribution in [-0.4, -0.2) is 11.7 Å². The topological polar surface area (TPSA) is 107 Å². The molecule has 0 radical (unpaired) electrons. The molecule has 2 aromatic rings. The zero-order chi connectivity index (χ0) is 13.0. The van der Waals surface area contributed by atoms with E-state index in [-0.39, 0.29) is 5.84 Å². The summed E-state index contributed by atoms with van der Waals surface area (Å²) in [6.07, 6.45) is 1.47. The van der Waals surface area contributed by atoms with Crippen molar-refractivity contribution < 1.29 is 9.21 Å². The average Bonchev–Trinajstić information content (AvgIpc) is 2.90. The summed E-state index contributed by atoms with van der Waals surface area (Å²) < 4.78 is 5.03. The maximum atomic E-state index is 11.8. The summed E-state index contributed by atoms with van der Waals surface area (Å²) in [5.41, 5.74) is 14.3. The van der Waals surface area contributed by atoms with Crippen molar-refractivity contribution in [1.82, 2.24) is 5.43 Å². The number of nitrogens with two attached hydrogens (primary N) is 2. The predicted octanol–water partition coefficient (Wildman–Crippen LogP) is 0.912. The van der Waals surface area contributed by atoms with E-state index in [1.165, 1.54) is 6.26 Å². The van der Waals surface area contributed by atoms with Gasteiger partial charge in [-0.2, -0.15) is 5.10 Å². The predicted molar refractivity (Wildman–Crippen MR) is 67.8 cm³/mol. The normalized spacial score (nSPS) is 11.2. The minimum atomic E-state index is -0.428. The third kappa shape index (κ3) is 2.49. The fourth-order valence-electron chi connectivity index (χ4n) is 1.35. The third-order valence-electron chi connectivity index (χ3n) is 2.26. The summed E-state index contributed by atoms with van der Waals surface area (Å²) >= 11 is 0. The highest BCUT2D eigenvalue weighted by Crippen LogP contribution is 2.09. The first-order chi connectivity index (χ1) is 8.68. The van der Waals surface area contributed by atoms with Crippen LogP contribution in [0, 0.1) is 0 Å². The molecule has 0 aliphatic rings. The fourth-order valence-corrected chi connectivity index (χ4v) is 1.35. The Hall–Kier alpha value is -2.76. The van der Waals surface area contributed by atoms with Crippen LogP contribution in [0.1, 0.15) is 16.1 Å². The summed E-state index contributed by atoms with van der Waals surface area (Å²) in [4.78, 5) is 11.8. The maximum absolute atomic E-state index is 11.8. The second-order valence-electron chi connectivity index (χ2n) is 3.50. The first-order valence-electron chi connectivity index (χ1n) is 5.20. The van der Waals surface area contributed by atoms with Gasteiger partial charge in [0.25, 0.3) is 5.91 Å². The van der Waals surface area contributed by atoms with Crippen LogP contribution in [0.5, 0.6) is 0 Å². The quantitative estimate of drug-likeness (QED) is 0.323. The van der Waals surface area contributed by atoms with E-state index in [0.29, 0.717) is 17.0 Å². The molecule has 0 saturated carbocycles. The molecular weight excluding hydrogens is 232 g/mol. The number of hydrogen-bond donors (Lipinski definition) is 3. The molecule has 0 unspecified atom stereocenters. The van der Waals surface area contributed by atoms with Crippen LogP contribution in [0.15, 0.2) is 52.2 Å². The van der Waals surface area contributed by atoms with Gasteiger partial charge in [-0.1, -0.05) is 12.1 Å². The summed E-state index contributed by atoms with van der Waals surface area (Å²) in [5, 5.41) is 3.73. The molecule has 0 saturated heterocycles. The van der Waals surface area contributed by atoms with Gasteiger partial charge in [-0.15, -0.1) is 0 Å². The molecule has 6 heteroatoms. The van der Waals surface area contributed by atoms with Crippen LogP contribution in [-0.2, 0) is 0 Å². The molecule has 0 aliphatic heterocycles. The van der Waals surface area contributed by atoms with Gasteiger partial charge >= 0.3 is 0 Å². The number of hydrogen-bond acceptors (Lipinski definition) is 4. The number of carbonyl (C=O) groups excluding carboxylic acids is 1. The van der Waals surface area contributed by atoms with Crippen molar-refractivity contribution in [2.24, 2.45) is 10.8 Å². The highest BCUT2D eigenvalue weighted by atomic mass is 16.3. The molecule has 0 fully saturated rings. The number of benzene rings is 1. The van der Waals surface area contributed by atoms with Gasteiger partial charge in [-0.25, -0.2) is 5.43 Å². The summed E-state index contributed by atoms with van der Waals surface area (Å²) in [5.74, 6) is 0.0433. The van der Waals surface area contributed by atoms with Gasteiger partial charge in [0.05, 0.1) is 11.8 Å². The smallest absolute Gasteiger partial charge is 0.273 e. The van der Waals surface area contributed by atoms with Gasteiger partial charge < -0.3 is 15.9 Å². The van der Waals surface area contributed by atoms with Crippen LogP contribution >= 0.6 is 0 Å². The van der Waals surface area contributed by atoms with Crippen molar-refractivity contribution in [3.05, 3.63) is 54.0 Å². The second-order valence-corrected chi connectivity index (χ2v) is 3.50. The Morgan fingerprint density at radius 3 is 2.67 bits per heavy atom. The number of rotatable bonds is 3. The Kier molecular flexibility index (Phi) is 3.29. The van der Waals surface area contributed by atoms with Crippen LogP contribution in [0.3, 0.4) is 0 Å². The minimum absolute atomic E-state index is 0.0860. The van der Waals surface area contributed by atoms with Crippen LogP contribution in [0.2, 0.25) is 0 Å². The molecule has 1 amide bonds. The van der Waals surface area contributed by atoms with E-state index in [1.54, 1.807) is 36.4 Å². The zero-order valence-electron chi connectivity index (χ0n) is 9.46. The standard InChI is InChI=1S/C12H12N4O2/c13-9-5-2-1-4-8(9)12(17)16-15-11(14)10-6-3-7-18-10/h1-7H,13H2,(H2,14,15)(H,16,17). The lowest BCUT2D eigenvalue weighted by atomic mass is 10.2. The van der Waals surface area contributed by atoms with E-state index in [2.05, 4.69) is 10.5 Å². The summed E-state index contributed by atoms with van der Waals surface area (Å²) in [6.45, 7) is 0. The van der Waals surface area contributed by atoms with Crippen LogP contribution in [0.25, 0.3) is 0 Å². The van der Waals surface area contributed by atoms with Crippen molar-refractivity contribution in [3.63, 3.8) is 0 Å². The van der Waals surface area contributed by atoms with Gasteiger partial charge in [-0.3, -0.25) is 4.79 Å². The first kappa shape index (κ1) is 11.7. The monoisotopic (exact) mass is 244 g/mol. The minimum Gasteiger partial charge on any atom is -0.461 e. The molecule has 0 aliphatic carbocycles. The average molecular weight is 244 g/mol. The van der Waals surface area contributed by atoms with E-state index in [4.69, 9.17) is 15.9 Å². The number of nitrogens with one attached hydrogen (secondary N) is 1. The molecular formula is C12H12N4O2. The van der Waals surface area contributed by atoms with Crippen molar-refractivity contribution in [1.29, 1.82) is 0 Å². The number of furan rings is 1. The van der Waals surface area contributed by atoms with Crippen LogP contribution in [0.4, 0.5) is 5.69 Å². The number of anilines is 1. The van der Waals surface area contributed by atoms with Crippen molar-refractivity contribution in [2.75, 3.05) is 5.73 Å². The van der Waals surface area contributed by atoms with E-state index >= 15 is 0 Å². The Bertz CT molecular complexity index is 576. The molecule has 6 nitrogen and oxygen atoms in total. The highest BCUT2D eigenvalue weighted by molar-refractivity contribution is 6.01. The molecule has 2 rings (SSSR count). The maximum Gasteiger partial charge on any atom is 0.273 e. The van der Waals surface area contributed by atoms with E-state index < -0.39 is 5.91 Å². The SMILES string of the molecule is N/C(=N\NC(=O)c1ccccc1N)c1ccco1. The van der Waals surface area contributed by atoms with Gasteiger partial charge in [0.15, 0.2) is 11.6 Å². The van der Waals surface area contributed by atoms with Crippen molar-refractivity contribution in [3.8, 4) is 0 Å². The van der Waals surface area contributed by atoms with E-state index in [0.717, 1.165) is 0 Å². The molecule has 1 aromatic heterocycles. The van der Waals surface area contributed by atoms with E-state index in [9.17, 15) is 4.79 Å².